The number of esters is 1. The van der Waals surface area contributed by atoms with Crippen LogP contribution in [0, 0.1) is 13.8 Å². The Morgan fingerprint density at radius 2 is 1.91 bits per heavy atom. The molecule has 1 aliphatic heterocycles. The number of carbonyl (C=O) groups is 1. The van der Waals surface area contributed by atoms with Crippen molar-refractivity contribution < 1.29 is 19.0 Å². The van der Waals surface area contributed by atoms with Gasteiger partial charge in [0, 0.05) is 18.6 Å². The van der Waals surface area contributed by atoms with E-state index in [1.807, 2.05) is 52.0 Å². The van der Waals surface area contributed by atoms with Crippen LogP contribution in [0.25, 0.3) is 0 Å². The summed E-state index contributed by atoms with van der Waals surface area (Å²) in [6.07, 6.45) is 4.70. The fraction of sp³-hybridized carbons (Fsp3) is 0.481. The first-order chi connectivity index (χ1) is 16.1. The number of methoxy groups -OCH3 is 1. The van der Waals surface area contributed by atoms with E-state index in [0.29, 0.717) is 28.4 Å². The minimum absolute atomic E-state index is 0.302. The Labute approximate surface area is 213 Å². The Bertz CT molecular complexity index is 1020. The molecule has 1 heterocycles. The quantitative estimate of drug-likeness (QED) is 0.326. The number of aryl methyl sites for hydroxylation is 2. The molecule has 3 rings (SSSR count). The molecule has 2 aromatic carbocycles. The third-order valence-electron chi connectivity index (χ3n) is 6.35. The summed E-state index contributed by atoms with van der Waals surface area (Å²) >= 11 is 12.2. The molecule has 184 valence electrons. The molecule has 0 aliphatic carbocycles. The maximum absolute atomic E-state index is 12.2. The highest BCUT2D eigenvalue weighted by molar-refractivity contribution is 7.81. The first-order valence-electron chi connectivity index (χ1n) is 11.7. The minimum Gasteiger partial charge on any atom is -0.493 e. The Morgan fingerprint density at radius 1 is 1.21 bits per heavy atom. The predicted molar refractivity (Wildman–Crippen MR) is 141 cm³/mol. The van der Waals surface area contributed by atoms with Crippen LogP contribution >= 0.6 is 23.8 Å². The van der Waals surface area contributed by atoms with Crippen molar-refractivity contribution in [1.29, 1.82) is 0 Å². The van der Waals surface area contributed by atoms with Crippen molar-refractivity contribution in [3.05, 3.63) is 57.6 Å². The number of nitrogens with one attached hydrogen (secondary N) is 1. The molecule has 0 aromatic heterocycles. The van der Waals surface area contributed by atoms with Gasteiger partial charge in [0.1, 0.15) is 10.7 Å². The summed E-state index contributed by atoms with van der Waals surface area (Å²) in [6.45, 7) is 9.16. The van der Waals surface area contributed by atoms with Crippen LogP contribution in [0.15, 0.2) is 30.3 Å². The Hall–Kier alpha value is -2.15. The van der Waals surface area contributed by atoms with Gasteiger partial charge in [0.2, 0.25) is 0 Å². The lowest BCUT2D eigenvalue weighted by molar-refractivity contribution is -0.146. The van der Waals surface area contributed by atoms with Crippen LogP contribution in [0.4, 0.5) is 5.69 Å². The number of thiocarbonyl (C=S) groups is 1. The first-order valence-corrected chi connectivity index (χ1v) is 12.5. The SMILES string of the molecule is COC(=O)C(C)(C)c1ccc(Cl)c(NC(=S)c2c(C)cc(OCC[C@@H]3CCCCO3)cc2C)c1. The lowest BCUT2D eigenvalue weighted by Crippen LogP contribution is -2.30. The van der Waals surface area contributed by atoms with Gasteiger partial charge >= 0.3 is 5.97 Å². The summed E-state index contributed by atoms with van der Waals surface area (Å²) in [4.78, 5) is 12.8. The van der Waals surface area contributed by atoms with Gasteiger partial charge in [0.15, 0.2) is 0 Å². The highest BCUT2D eigenvalue weighted by Gasteiger charge is 2.31. The van der Waals surface area contributed by atoms with Crippen molar-refractivity contribution in [2.45, 2.75) is 64.9 Å². The van der Waals surface area contributed by atoms with Crippen molar-refractivity contribution in [3.63, 3.8) is 0 Å². The fourth-order valence-corrected chi connectivity index (χ4v) is 4.87. The number of rotatable bonds is 8. The number of hydrogen-bond donors (Lipinski definition) is 1. The maximum atomic E-state index is 12.2. The van der Waals surface area contributed by atoms with Crippen LogP contribution in [0.1, 0.15) is 61.8 Å². The van der Waals surface area contributed by atoms with E-state index in [0.717, 1.165) is 53.9 Å². The highest BCUT2D eigenvalue weighted by atomic mass is 35.5. The summed E-state index contributed by atoms with van der Waals surface area (Å²) in [5.74, 6) is 0.512. The molecule has 0 unspecified atom stereocenters. The maximum Gasteiger partial charge on any atom is 0.315 e. The smallest absolute Gasteiger partial charge is 0.315 e. The van der Waals surface area contributed by atoms with Gasteiger partial charge in [0.25, 0.3) is 0 Å². The van der Waals surface area contributed by atoms with E-state index in [-0.39, 0.29) is 5.97 Å². The molecular weight excluding hydrogens is 470 g/mol. The van der Waals surface area contributed by atoms with Crippen molar-refractivity contribution >= 4 is 40.5 Å². The zero-order valence-electron chi connectivity index (χ0n) is 20.6. The lowest BCUT2D eigenvalue weighted by atomic mass is 9.84. The Morgan fingerprint density at radius 3 is 2.53 bits per heavy atom. The molecule has 1 N–H and O–H groups in total. The molecule has 0 bridgehead atoms. The van der Waals surface area contributed by atoms with Gasteiger partial charge in [-0.15, -0.1) is 0 Å². The average Bonchev–Trinajstić information content (AvgIpc) is 2.80. The summed E-state index contributed by atoms with van der Waals surface area (Å²) in [7, 11) is 1.39. The molecule has 2 aromatic rings. The second kappa shape index (κ2) is 11.5. The molecular formula is C27H34ClNO4S. The van der Waals surface area contributed by atoms with Gasteiger partial charge in [-0.1, -0.05) is 29.9 Å². The van der Waals surface area contributed by atoms with Crippen LogP contribution in [0.5, 0.6) is 5.75 Å². The third kappa shape index (κ3) is 6.29. The molecule has 1 fully saturated rings. The number of hydrogen-bond acceptors (Lipinski definition) is 5. The number of carbonyl (C=O) groups excluding carboxylic acids is 1. The van der Waals surface area contributed by atoms with Crippen LogP contribution in [0.3, 0.4) is 0 Å². The summed E-state index contributed by atoms with van der Waals surface area (Å²) in [5, 5.41) is 3.79. The first kappa shape index (κ1) is 26.5. The van der Waals surface area contributed by atoms with Crippen molar-refractivity contribution in [1.82, 2.24) is 0 Å². The summed E-state index contributed by atoms with van der Waals surface area (Å²) in [6, 6.07) is 9.46. The van der Waals surface area contributed by atoms with E-state index in [1.54, 1.807) is 6.07 Å². The standard InChI is InChI=1S/C27H34ClNO4S/c1-17-14-21(33-13-11-20-8-6-7-12-32-20)15-18(2)24(17)25(34)29-23-16-19(9-10-22(23)28)27(3,4)26(30)31-5/h9-10,14-16,20H,6-8,11-13H2,1-5H3,(H,29,34)/t20-/m0/s1. The second-order valence-corrected chi connectivity index (χ2v) is 10.1. The number of anilines is 1. The zero-order valence-corrected chi connectivity index (χ0v) is 22.2. The van der Waals surface area contributed by atoms with Gasteiger partial charge in [-0.3, -0.25) is 4.79 Å². The van der Waals surface area contributed by atoms with E-state index in [4.69, 9.17) is 38.0 Å². The van der Waals surface area contributed by atoms with Gasteiger partial charge < -0.3 is 19.5 Å². The third-order valence-corrected chi connectivity index (χ3v) is 6.98. The molecule has 5 nitrogen and oxygen atoms in total. The summed E-state index contributed by atoms with van der Waals surface area (Å²) < 4.78 is 16.8. The van der Waals surface area contributed by atoms with E-state index >= 15 is 0 Å². The molecule has 34 heavy (non-hydrogen) atoms. The molecule has 7 heteroatoms. The van der Waals surface area contributed by atoms with Crippen molar-refractivity contribution in [2.24, 2.45) is 0 Å². The van der Waals surface area contributed by atoms with Crippen LogP contribution in [0.2, 0.25) is 5.02 Å². The van der Waals surface area contributed by atoms with Gasteiger partial charge in [0.05, 0.1) is 35.9 Å². The van der Waals surface area contributed by atoms with E-state index in [9.17, 15) is 4.79 Å². The number of ether oxygens (including phenoxy) is 3. The van der Waals surface area contributed by atoms with E-state index in [2.05, 4.69) is 5.32 Å². The van der Waals surface area contributed by atoms with Crippen molar-refractivity contribution in [2.75, 3.05) is 25.6 Å². The zero-order chi connectivity index (χ0) is 24.9. The fourth-order valence-electron chi connectivity index (χ4n) is 4.28. The molecule has 1 atom stereocenters. The van der Waals surface area contributed by atoms with Gasteiger partial charge in [-0.05, 0) is 87.9 Å². The predicted octanol–water partition coefficient (Wildman–Crippen LogP) is 6.53. The lowest BCUT2D eigenvalue weighted by Gasteiger charge is -2.24. The molecule has 0 spiro atoms. The average molecular weight is 504 g/mol. The molecule has 1 aliphatic rings. The van der Waals surface area contributed by atoms with Gasteiger partial charge in [-0.2, -0.15) is 0 Å². The second-order valence-electron chi connectivity index (χ2n) is 9.32. The van der Waals surface area contributed by atoms with E-state index in [1.165, 1.54) is 13.5 Å². The van der Waals surface area contributed by atoms with E-state index < -0.39 is 5.41 Å². The minimum atomic E-state index is -0.815. The van der Waals surface area contributed by atoms with Crippen LogP contribution < -0.4 is 10.1 Å². The summed E-state index contributed by atoms with van der Waals surface area (Å²) in [5.41, 5.74) is 3.59. The van der Waals surface area contributed by atoms with Gasteiger partial charge in [-0.25, -0.2) is 0 Å². The number of halogens is 1. The Kier molecular flexibility index (Phi) is 8.96. The molecule has 1 saturated heterocycles. The Balaban J connectivity index is 1.72. The molecule has 0 saturated carbocycles. The largest absolute Gasteiger partial charge is 0.493 e. The molecule has 0 radical (unpaired) electrons. The normalized spacial score (nSPS) is 16.1. The van der Waals surface area contributed by atoms with Crippen LogP contribution in [-0.2, 0) is 19.7 Å². The highest BCUT2D eigenvalue weighted by Crippen LogP contribution is 2.32. The monoisotopic (exact) mass is 503 g/mol. The number of benzene rings is 2. The van der Waals surface area contributed by atoms with Crippen LogP contribution in [-0.4, -0.2) is 37.4 Å². The molecule has 0 amide bonds. The van der Waals surface area contributed by atoms with Crippen molar-refractivity contribution in [3.8, 4) is 5.75 Å². The topological polar surface area (TPSA) is 56.8 Å².